The molecule has 0 saturated heterocycles. The van der Waals surface area contributed by atoms with Crippen molar-refractivity contribution in [1.29, 1.82) is 0 Å². The van der Waals surface area contributed by atoms with E-state index in [0.717, 1.165) is 12.1 Å². The average molecular weight is 277 g/mol. The van der Waals surface area contributed by atoms with Gasteiger partial charge < -0.3 is 10.1 Å². The van der Waals surface area contributed by atoms with E-state index in [2.05, 4.69) is 20.5 Å². The first-order valence-electron chi connectivity index (χ1n) is 6.66. The number of fused-ring (bicyclic) bond motifs is 1. The quantitative estimate of drug-likeness (QED) is 0.796. The number of carbonyl (C=O) groups excluding carboxylic acids is 1. The van der Waals surface area contributed by atoms with Gasteiger partial charge in [0, 0.05) is 25.0 Å². The molecule has 20 heavy (non-hydrogen) atoms. The zero-order valence-corrected chi connectivity index (χ0v) is 12.0. The molecule has 0 unspecified atom stereocenters. The first-order valence-corrected chi connectivity index (χ1v) is 6.66. The van der Waals surface area contributed by atoms with Crippen LogP contribution in [0.1, 0.15) is 36.6 Å². The summed E-state index contributed by atoms with van der Waals surface area (Å²) in [5.74, 6) is 0.420. The van der Waals surface area contributed by atoms with Gasteiger partial charge in [0.2, 0.25) is 5.82 Å². The van der Waals surface area contributed by atoms with Crippen LogP contribution in [0.3, 0.4) is 0 Å². The highest BCUT2D eigenvalue weighted by atomic mass is 16.5. The molecule has 2 rings (SSSR count). The molecule has 108 valence electrons. The first kappa shape index (κ1) is 14.4. The summed E-state index contributed by atoms with van der Waals surface area (Å²) in [6.45, 7) is 6.99. The van der Waals surface area contributed by atoms with E-state index >= 15 is 0 Å². The third kappa shape index (κ3) is 3.51. The second-order valence-electron chi connectivity index (χ2n) is 4.79. The monoisotopic (exact) mass is 277 g/mol. The first-order chi connectivity index (χ1) is 9.58. The SMILES string of the molecule is Cc1ccn2c(C(=O)NCCCOC(C)C)nnc2n1. The Morgan fingerprint density at radius 3 is 3.00 bits per heavy atom. The van der Waals surface area contributed by atoms with E-state index in [1.807, 2.05) is 26.8 Å². The van der Waals surface area contributed by atoms with Gasteiger partial charge in [-0.3, -0.25) is 9.20 Å². The summed E-state index contributed by atoms with van der Waals surface area (Å²) in [6, 6.07) is 1.81. The van der Waals surface area contributed by atoms with Crippen LogP contribution in [0.5, 0.6) is 0 Å². The third-order valence-electron chi connectivity index (χ3n) is 2.68. The van der Waals surface area contributed by atoms with Gasteiger partial charge in [0.15, 0.2) is 0 Å². The molecule has 2 aromatic rings. The van der Waals surface area contributed by atoms with Crippen LogP contribution in [0.4, 0.5) is 0 Å². The molecular weight excluding hydrogens is 258 g/mol. The van der Waals surface area contributed by atoms with Crippen LogP contribution in [-0.2, 0) is 4.74 Å². The standard InChI is InChI=1S/C13H19N5O2/c1-9(2)20-8-4-6-14-12(19)11-16-17-13-15-10(3)5-7-18(11)13/h5,7,9H,4,6,8H2,1-3H3,(H,14,19). The predicted molar refractivity (Wildman–Crippen MR) is 73.6 cm³/mol. The number of nitrogens with one attached hydrogen (secondary N) is 1. The van der Waals surface area contributed by atoms with Crippen LogP contribution >= 0.6 is 0 Å². The van der Waals surface area contributed by atoms with Crippen LogP contribution in [-0.4, -0.2) is 44.7 Å². The van der Waals surface area contributed by atoms with Crippen LogP contribution in [0.15, 0.2) is 12.3 Å². The maximum atomic E-state index is 12.0. The molecule has 1 N–H and O–H groups in total. The van der Waals surface area contributed by atoms with Crippen LogP contribution < -0.4 is 5.32 Å². The Kier molecular flexibility index (Phi) is 4.62. The van der Waals surface area contributed by atoms with Crippen molar-refractivity contribution < 1.29 is 9.53 Å². The highest BCUT2D eigenvalue weighted by Gasteiger charge is 2.14. The minimum Gasteiger partial charge on any atom is -0.379 e. The molecule has 0 bridgehead atoms. The fraction of sp³-hybridized carbons (Fsp3) is 0.538. The van der Waals surface area contributed by atoms with E-state index in [1.54, 1.807) is 10.6 Å². The Hall–Kier alpha value is -2.02. The number of hydrogen-bond donors (Lipinski definition) is 1. The molecule has 7 nitrogen and oxygen atoms in total. The van der Waals surface area contributed by atoms with E-state index in [1.165, 1.54) is 0 Å². The highest BCUT2D eigenvalue weighted by Crippen LogP contribution is 2.02. The van der Waals surface area contributed by atoms with Crippen molar-refractivity contribution in [2.75, 3.05) is 13.2 Å². The summed E-state index contributed by atoms with van der Waals surface area (Å²) in [5.41, 5.74) is 0.836. The zero-order valence-electron chi connectivity index (χ0n) is 12.0. The number of aromatic nitrogens is 4. The van der Waals surface area contributed by atoms with Gasteiger partial charge in [0.05, 0.1) is 6.10 Å². The smallest absolute Gasteiger partial charge is 0.289 e. The van der Waals surface area contributed by atoms with E-state index in [-0.39, 0.29) is 17.8 Å². The molecule has 0 aliphatic heterocycles. The molecule has 0 aromatic carbocycles. The molecule has 1 amide bonds. The van der Waals surface area contributed by atoms with E-state index in [9.17, 15) is 4.79 Å². The summed E-state index contributed by atoms with van der Waals surface area (Å²) in [4.78, 5) is 16.2. The maximum Gasteiger partial charge on any atom is 0.289 e. The summed E-state index contributed by atoms with van der Waals surface area (Å²) in [7, 11) is 0. The molecule has 2 aromatic heterocycles. The van der Waals surface area contributed by atoms with Crippen LogP contribution in [0, 0.1) is 6.92 Å². The number of carbonyl (C=O) groups is 1. The largest absolute Gasteiger partial charge is 0.379 e. The van der Waals surface area contributed by atoms with E-state index < -0.39 is 0 Å². The van der Waals surface area contributed by atoms with Crippen molar-refractivity contribution in [1.82, 2.24) is 24.9 Å². The molecule has 7 heteroatoms. The lowest BCUT2D eigenvalue weighted by Crippen LogP contribution is -2.27. The van der Waals surface area contributed by atoms with Crippen molar-refractivity contribution in [3.05, 3.63) is 23.8 Å². The van der Waals surface area contributed by atoms with Crippen molar-refractivity contribution in [3.8, 4) is 0 Å². The van der Waals surface area contributed by atoms with E-state index in [4.69, 9.17) is 4.74 Å². The Morgan fingerprint density at radius 2 is 2.25 bits per heavy atom. The van der Waals surface area contributed by atoms with Gasteiger partial charge in [-0.2, -0.15) is 0 Å². The Bertz CT molecular complexity index is 593. The highest BCUT2D eigenvalue weighted by molar-refractivity contribution is 5.91. The van der Waals surface area contributed by atoms with Gasteiger partial charge in [-0.1, -0.05) is 0 Å². The second kappa shape index (κ2) is 6.42. The van der Waals surface area contributed by atoms with Gasteiger partial charge >= 0.3 is 0 Å². The number of rotatable bonds is 6. The van der Waals surface area contributed by atoms with Crippen LogP contribution in [0.25, 0.3) is 5.78 Å². The minimum absolute atomic E-state index is 0.209. The molecule has 0 fully saturated rings. The van der Waals surface area contributed by atoms with Gasteiger partial charge in [-0.25, -0.2) is 4.98 Å². The molecule has 2 heterocycles. The van der Waals surface area contributed by atoms with Crippen molar-refractivity contribution in [2.24, 2.45) is 0 Å². The Labute approximate surface area is 117 Å². The van der Waals surface area contributed by atoms with Gasteiger partial charge in [0.25, 0.3) is 11.7 Å². The summed E-state index contributed by atoms with van der Waals surface area (Å²) < 4.78 is 6.98. The average Bonchev–Trinajstić information content (AvgIpc) is 2.80. The number of ether oxygens (including phenoxy) is 1. The maximum absolute atomic E-state index is 12.0. The van der Waals surface area contributed by atoms with Crippen molar-refractivity contribution in [2.45, 2.75) is 33.3 Å². The van der Waals surface area contributed by atoms with Gasteiger partial charge in [0.1, 0.15) is 0 Å². The molecular formula is C13H19N5O2. The Balaban J connectivity index is 1.91. The van der Waals surface area contributed by atoms with Crippen LogP contribution in [0.2, 0.25) is 0 Å². The molecule has 0 saturated carbocycles. The lowest BCUT2D eigenvalue weighted by Gasteiger charge is -2.07. The molecule has 0 aliphatic rings. The summed E-state index contributed by atoms with van der Waals surface area (Å²) in [5, 5.41) is 10.6. The fourth-order valence-corrected chi connectivity index (χ4v) is 1.70. The fourth-order valence-electron chi connectivity index (χ4n) is 1.70. The number of hydrogen-bond acceptors (Lipinski definition) is 5. The number of amides is 1. The molecule has 0 aliphatic carbocycles. The molecule has 0 spiro atoms. The number of nitrogens with zero attached hydrogens (tertiary/aromatic N) is 4. The summed E-state index contributed by atoms with van der Waals surface area (Å²) in [6.07, 6.45) is 2.72. The minimum atomic E-state index is -0.257. The molecule has 0 atom stereocenters. The predicted octanol–water partition coefficient (Wildman–Crippen LogP) is 0.978. The van der Waals surface area contributed by atoms with E-state index in [0.29, 0.717) is 18.9 Å². The zero-order chi connectivity index (χ0) is 14.5. The topological polar surface area (TPSA) is 81.4 Å². The Morgan fingerprint density at radius 1 is 1.45 bits per heavy atom. The van der Waals surface area contributed by atoms with Gasteiger partial charge in [-0.05, 0) is 33.3 Å². The van der Waals surface area contributed by atoms with Crippen molar-refractivity contribution in [3.63, 3.8) is 0 Å². The second-order valence-corrected chi connectivity index (χ2v) is 4.79. The molecule has 0 radical (unpaired) electrons. The number of aryl methyl sites for hydroxylation is 1. The third-order valence-corrected chi connectivity index (χ3v) is 2.68. The lowest BCUT2D eigenvalue weighted by molar-refractivity contribution is 0.0755. The normalized spacial score (nSPS) is 11.2. The van der Waals surface area contributed by atoms with Crippen molar-refractivity contribution >= 4 is 11.7 Å². The summed E-state index contributed by atoms with van der Waals surface area (Å²) >= 11 is 0. The van der Waals surface area contributed by atoms with Gasteiger partial charge in [-0.15, -0.1) is 10.2 Å². The lowest BCUT2D eigenvalue weighted by atomic mass is 10.4.